The molecule has 0 saturated carbocycles. The van der Waals surface area contributed by atoms with Crippen LogP contribution in [0.3, 0.4) is 0 Å². The van der Waals surface area contributed by atoms with E-state index < -0.39 is 0 Å². The van der Waals surface area contributed by atoms with Crippen molar-refractivity contribution in [3.05, 3.63) is 21.9 Å². The lowest BCUT2D eigenvalue weighted by Gasteiger charge is -2.32. The van der Waals surface area contributed by atoms with Gasteiger partial charge in [0.05, 0.1) is 0 Å². The number of aryl methyl sites for hydroxylation is 1. The van der Waals surface area contributed by atoms with E-state index in [4.69, 9.17) is 5.73 Å². The molecule has 0 aliphatic carbocycles. The lowest BCUT2D eigenvalue weighted by Crippen LogP contribution is -2.35. The maximum Gasteiger partial charge on any atom is 0.0328 e. The first-order chi connectivity index (χ1) is 7.78. The topological polar surface area (TPSA) is 29.3 Å². The summed E-state index contributed by atoms with van der Waals surface area (Å²) in [6, 6.07) is 4.49. The SMILES string of the molecule is Cc1ccc(CN2CCCC(CCN)C2)s1. The van der Waals surface area contributed by atoms with Crippen molar-refractivity contribution in [3.8, 4) is 0 Å². The van der Waals surface area contributed by atoms with Crippen LogP contribution < -0.4 is 5.73 Å². The van der Waals surface area contributed by atoms with Crippen LogP contribution in [0.4, 0.5) is 0 Å². The molecule has 3 heteroatoms. The quantitative estimate of drug-likeness (QED) is 0.873. The lowest BCUT2D eigenvalue weighted by atomic mass is 9.95. The second kappa shape index (κ2) is 5.80. The van der Waals surface area contributed by atoms with Crippen molar-refractivity contribution >= 4 is 11.3 Å². The Morgan fingerprint density at radius 2 is 2.38 bits per heavy atom. The van der Waals surface area contributed by atoms with E-state index in [0.29, 0.717) is 0 Å². The Bertz CT molecular complexity index is 319. The van der Waals surface area contributed by atoms with Crippen LogP contribution in [0.15, 0.2) is 12.1 Å². The van der Waals surface area contributed by atoms with E-state index in [-0.39, 0.29) is 0 Å². The number of likely N-dealkylation sites (tertiary alicyclic amines) is 1. The number of rotatable bonds is 4. The van der Waals surface area contributed by atoms with Crippen molar-refractivity contribution in [1.82, 2.24) is 4.90 Å². The zero-order valence-electron chi connectivity index (χ0n) is 10.1. The standard InChI is InChI=1S/C13H22N2S/c1-11-4-5-13(16-11)10-15-8-2-3-12(9-15)6-7-14/h4-5,12H,2-3,6-10,14H2,1H3. The number of nitrogens with zero attached hydrogens (tertiary/aromatic N) is 1. The number of thiophene rings is 1. The van der Waals surface area contributed by atoms with E-state index in [1.165, 1.54) is 42.1 Å². The molecule has 0 amide bonds. The van der Waals surface area contributed by atoms with E-state index in [0.717, 1.165) is 19.0 Å². The summed E-state index contributed by atoms with van der Waals surface area (Å²) in [6.07, 6.45) is 3.91. The molecule has 1 aromatic heterocycles. The van der Waals surface area contributed by atoms with Gasteiger partial charge in [-0.1, -0.05) is 0 Å². The third-order valence-electron chi connectivity index (χ3n) is 3.35. The second-order valence-electron chi connectivity index (χ2n) is 4.83. The van der Waals surface area contributed by atoms with Crippen LogP contribution in [-0.2, 0) is 6.54 Å². The van der Waals surface area contributed by atoms with Crippen molar-refractivity contribution in [2.75, 3.05) is 19.6 Å². The molecule has 1 fully saturated rings. The van der Waals surface area contributed by atoms with Crippen LogP contribution in [0.5, 0.6) is 0 Å². The molecule has 90 valence electrons. The molecule has 2 nitrogen and oxygen atoms in total. The minimum atomic E-state index is 0.833. The van der Waals surface area contributed by atoms with Crippen molar-refractivity contribution in [1.29, 1.82) is 0 Å². The van der Waals surface area contributed by atoms with Gasteiger partial charge in [-0.05, 0) is 57.3 Å². The van der Waals surface area contributed by atoms with Crippen molar-refractivity contribution in [2.24, 2.45) is 11.7 Å². The van der Waals surface area contributed by atoms with E-state index in [1.54, 1.807) is 0 Å². The molecule has 0 bridgehead atoms. The average molecular weight is 238 g/mol. The van der Waals surface area contributed by atoms with Crippen LogP contribution in [0.25, 0.3) is 0 Å². The Balaban J connectivity index is 1.85. The molecule has 1 aliphatic rings. The largest absolute Gasteiger partial charge is 0.330 e. The molecule has 2 rings (SSSR count). The molecule has 0 aromatic carbocycles. The highest BCUT2D eigenvalue weighted by atomic mass is 32.1. The van der Waals surface area contributed by atoms with Crippen LogP contribution in [0.1, 0.15) is 29.0 Å². The summed E-state index contributed by atoms with van der Waals surface area (Å²) in [5.74, 6) is 0.833. The molecule has 16 heavy (non-hydrogen) atoms. The third-order valence-corrected chi connectivity index (χ3v) is 4.34. The van der Waals surface area contributed by atoms with Crippen molar-refractivity contribution in [3.63, 3.8) is 0 Å². The van der Waals surface area contributed by atoms with Gasteiger partial charge in [-0.15, -0.1) is 11.3 Å². The summed E-state index contributed by atoms with van der Waals surface area (Å²) >= 11 is 1.93. The smallest absolute Gasteiger partial charge is 0.0328 e. The summed E-state index contributed by atoms with van der Waals surface area (Å²) < 4.78 is 0. The molecule has 2 N–H and O–H groups in total. The predicted molar refractivity (Wildman–Crippen MR) is 70.7 cm³/mol. The van der Waals surface area contributed by atoms with Crippen LogP contribution in [-0.4, -0.2) is 24.5 Å². The first-order valence-corrected chi connectivity index (χ1v) is 7.07. The first kappa shape index (κ1) is 12.1. The molecular weight excluding hydrogens is 216 g/mol. The molecule has 1 aliphatic heterocycles. The van der Waals surface area contributed by atoms with Gasteiger partial charge in [-0.3, -0.25) is 4.90 Å². The van der Waals surface area contributed by atoms with E-state index in [1.807, 2.05) is 11.3 Å². The second-order valence-corrected chi connectivity index (χ2v) is 6.21. The van der Waals surface area contributed by atoms with E-state index >= 15 is 0 Å². The van der Waals surface area contributed by atoms with Gasteiger partial charge in [-0.25, -0.2) is 0 Å². The highest BCUT2D eigenvalue weighted by Crippen LogP contribution is 2.23. The summed E-state index contributed by atoms with van der Waals surface area (Å²) in [5.41, 5.74) is 5.64. The molecule has 1 saturated heterocycles. The number of piperidine rings is 1. The van der Waals surface area contributed by atoms with Gasteiger partial charge in [0, 0.05) is 22.8 Å². The van der Waals surface area contributed by atoms with Gasteiger partial charge in [0.2, 0.25) is 0 Å². The highest BCUT2D eigenvalue weighted by Gasteiger charge is 2.19. The van der Waals surface area contributed by atoms with Gasteiger partial charge >= 0.3 is 0 Å². The Morgan fingerprint density at radius 1 is 1.50 bits per heavy atom. The molecular formula is C13H22N2S. The van der Waals surface area contributed by atoms with Gasteiger partial charge in [0.1, 0.15) is 0 Å². The predicted octanol–water partition coefficient (Wildman–Crippen LogP) is 2.62. The molecule has 1 unspecified atom stereocenters. The molecule has 0 spiro atoms. The fourth-order valence-electron chi connectivity index (χ4n) is 2.56. The van der Waals surface area contributed by atoms with Gasteiger partial charge in [0.15, 0.2) is 0 Å². The van der Waals surface area contributed by atoms with Crippen molar-refractivity contribution < 1.29 is 0 Å². The Labute approximate surface area is 102 Å². The monoisotopic (exact) mass is 238 g/mol. The van der Waals surface area contributed by atoms with Crippen molar-refractivity contribution in [2.45, 2.75) is 32.7 Å². The molecule has 1 atom stereocenters. The molecule has 0 radical (unpaired) electrons. The molecule has 2 heterocycles. The van der Waals surface area contributed by atoms with Gasteiger partial charge < -0.3 is 5.73 Å². The minimum absolute atomic E-state index is 0.833. The Kier molecular flexibility index (Phi) is 4.38. The van der Waals surface area contributed by atoms with E-state index in [9.17, 15) is 0 Å². The fourth-order valence-corrected chi connectivity index (χ4v) is 3.49. The van der Waals surface area contributed by atoms with E-state index in [2.05, 4.69) is 24.0 Å². The number of nitrogens with two attached hydrogens (primary N) is 1. The van der Waals surface area contributed by atoms with Crippen LogP contribution in [0, 0.1) is 12.8 Å². The maximum absolute atomic E-state index is 5.64. The minimum Gasteiger partial charge on any atom is -0.330 e. The number of hydrogen-bond acceptors (Lipinski definition) is 3. The summed E-state index contributed by atoms with van der Waals surface area (Å²) in [5, 5.41) is 0. The first-order valence-electron chi connectivity index (χ1n) is 6.25. The zero-order valence-corrected chi connectivity index (χ0v) is 10.9. The highest BCUT2D eigenvalue weighted by molar-refractivity contribution is 7.11. The zero-order chi connectivity index (χ0) is 11.4. The van der Waals surface area contributed by atoms with Crippen LogP contribution in [0.2, 0.25) is 0 Å². The lowest BCUT2D eigenvalue weighted by molar-refractivity contribution is 0.164. The summed E-state index contributed by atoms with van der Waals surface area (Å²) in [7, 11) is 0. The Morgan fingerprint density at radius 3 is 3.06 bits per heavy atom. The van der Waals surface area contributed by atoms with Gasteiger partial charge in [-0.2, -0.15) is 0 Å². The third kappa shape index (κ3) is 3.30. The summed E-state index contributed by atoms with van der Waals surface area (Å²) in [6.45, 7) is 6.67. The molecule has 1 aromatic rings. The normalized spacial score (nSPS) is 22.5. The van der Waals surface area contributed by atoms with Crippen LogP contribution >= 0.6 is 11.3 Å². The van der Waals surface area contributed by atoms with Gasteiger partial charge in [0.25, 0.3) is 0 Å². The average Bonchev–Trinajstić information content (AvgIpc) is 2.65. The maximum atomic E-state index is 5.64. The summed E-state index contributed by atoms with van der Waals surface area (Å²) in [4.78, 5) is 5.52. The number of hydrogen-bond donors (Lipinski definition) is 1. The Hall–Kier alpha value is -0.380. The fraction of sp³-hybridized carbons (Fsp3) is 0.692.